The average molecular weight is 403 g/mol. The Labute approximate surface area is 175 Å². The molecule has 0 atom stereocenters. The summed E-state index contributed by atoms with van der Waals surface area (Å²) in [6, 6.07) is 18.5. The molecule has 2 aromatic carbocycles. The molecular formula is C23H26N6O. The summed E-state index contributed by atoms with van der Waals surface area (Å²) in [5.41, 5.74) is 10.1. The van der Waals surface area contributed by atoms with Gasteiger partial charge in [-0.05, 0) is 42.5 Å². The van der Waals surface area contributed by atoms with Gasteiger partial charge in [-0.2, -0.15) is 9.97 Å². The van der Waals surface area contributed by atoms with Crippen LogP contribution < -0.4 is 15.8 Å². The molecule has 3 N–H and O–H groups in total. The van der Waals surface area contributed by atoms with Crippen molar-refractivity contribution in [1.82, 2.24) is 19.5 Å². The molecule has 2 aromatic heterocycles. The van der Waals surface area contributed by atoms with Crippen molar-refractivity contribution in [2.75, 3.05) is 24.7 Å². The van der Waals surface area contributed by atoms with E-state index in [1.807, 2.05) is 22.8 Å². The maximum atomic E-state index is 6.12. The third-order valence-electron chi connectivity index (χ3n) is 5.06. The van der Waals surface area contributed by atoms with Gasteiger partial charge in [-0.1, -0.05) is 42.5 Å². The van der Waals surface area contributed by atoms with E-state index in [4.69, 9.17) is 10.5 Å². The van der Waals surface area contributed by atoms with Crippen molar-refractivity contribution < 1.29 is 4.74 Å². The van der Waals surface area contributed by atoms with Gasteiger partial charge in [0.15, 0.2) is 11.5 Å². The molecule has 0 radical (unpaired) electrons. The van der Waals surface area contributed by atoms with Crippen LogP contribution in [0.25, 0.3) is 11.2 Å². The van der Waals surface area contributed by atoms with E-state index in [9.17, 15) is 0 Å². The zero-order valence-electron chi connectivity index (χ0n) is 17.1. The molecule has 0 spiro atoms. The molecule has 7 nitrogen and oxygen atoms in total. The molecule has 2 heterocycles. The van der Waals surface area contributed by atoms with Gasteiger partial charge in [0.1, 0.15) is 11.3 Å². The number of benzene rings is 2. The third kappa shape index (κ3) is 4.68. The molecule has 0 fully saturated rings. The average Bonchev–Trinajstić information content (AvgIpc) is 3.20. The van der Waals surface area contributed by atoms with Crippen LogP contribution in [0.1, 0.15) is 17.5 Å². The van der Waals surface area contributed by atoms with Gasteiger partial charge in [-0.25, -0.2) is 4.98 Å². The van der Waals surface area contributed by atoms with Crippen molar-refractivity contribution in [1.29, 1.82) is 0 Å². The number of nitrogens with one attached hydrogen (secondary N) is 1. The van der Waals surface area contributed by atoms with Gasteiger partial charge in [-0.15, -0.1) is 0 Å². The lowest BCUT2D eigenvalue weighted by atomic mass is 10.1. The van der Waals surface area contributed by atoms with Crippen LogP contribution in [0.3, 0.4) is 0 Å². The van der Waals surface area contributed by atoms with Crippen molar-refractivity contribution in [3.05, 3.63) is 72.1 Å². The molecule has 0 bridgehead atoms. The summed E-state index contributed by atoms with van der Waals surface area (Å²) in [5.74, 6) is 1.79. The number of hydrogen-bond donors (Lipinski definition) is 2. The minimum Gasteiger partial charge on any atom is -0.497 e. The molecule has 0 saturated carbocycles. The number of rotatable bonds is 9. The lowest BCUT2D eigenvalue weighted by Crippen LogP contribution is -2.09. The highest BCUT2D eigenvalue weighted by molar-refractivity contribution is 5.82. The Morgan fingerprint density at radius 2 is 1.73 bits per heavy atom. The molecule has 4 aromatic rings. The lowest BCUT2D eigenvalue weighted by Gasteiger charge is -2.08. The molecule has 0 saturated heterocycles. The number of fused-ring (bicyclic) bond motifs is 1. The highest BCUT2D eigenvalue weighted by Crippen LogP contribution is 2.19. The van der Waals surface area contributed by atoms with Crippen molar-refractivity contribution in [2.24, 2.45) is 0 Å². The van der Waals surface area contributed by atoms with Gasteiger partial charge >= 0.3 is 0 Å². The predicted molar refractivity (Wildman–Crippen MR) is 120 cm³/mol. The standard InChI is InChI=1S/C23H26N6O/c1-30-19-11-9-18(10-12-19)13-15-29-16-26-20-21(24)27-23(28-22(20)29)25-14-5-8-17-6-3-2-4-7-17/h2-4,6-7,9-12,16H,5,8,13-15H2,1H3,(H3,24,25,27,28). The van der Waals surface area contributed by atoms with Crippen LogP contribution in [0.15, 0.2) is 60.9 Å². The summed E-state index contributed by atoms with van der Waals surface area (Å²) in [6.07, 6.45) is 4.63. The van der Waals surface area contributed by atoms with Gasteiger partial charge in [0, 0.05) is 13.1 Å². The normalized spacial score (nSPS) is 11.0. The maximum absolute atomic E-state index is 6.12. The topological polar surface area (TPSA) is 90.9 Å². The first kappa shape index (κ1) is 19.7. The zero-order chi connectivity index (χ0) is 20.8. The summed E-state index contributed by atoms with van der Waals surface area (Å²) in [5, 5.41) is 3.29. The van der Waals surface area contributed by atoms with Crippen molar-refractivity contribution in [2.45, 2.75) is 25.8 Å². The van der Waals surface area contributed by atoms with Crippen LogP contribution in [-0.4, -0.2) is 33.2 Å². The second-order valence-electron chi connectivity index (χ2n) is 7.16. The summed E-state index contributed by atoms with van der Waals surface area (Å²) in [6.45, 7) is 1.53. The fraction of sp³-hybridized carbons (Fsp3) is 0.261. The zero-order valence-corrected chi connectivity index (χ0v) is 17.1. The Morgan fingerprint density at radius 1 is 0.967 bits per heavy atom. The Hall–Kier alpha value is -3.61. The van der Waals surface area contributed by atoms with Crippen LogP contribution in [0.2, 0.25) is 0 Å². The van der Waals surface area contributed by atoms with Gasteiger partial charge in [-0.3, -0.25) is 0 Å². The van der Waals surface area contributed by atoms with Crippen LogP contribution in [0.5, 0.6) is 5.75 Å². The highest BCUT2D eigenvalue weighted by atomic mass is 16.5. The minimum absolute atomic E-state index is 0.397. The first-order valence-electron chi connectivity index (χ1n) is 10.1. The number of nitrogens with two attached hydrogens (primary N) is 1. The molecule has 7 heteroatoms. The van der Waals surface area contributed by atoms with E-state index < -0.39 is 0 Å². The fourth-order valence-corrected chi connectivity index (χ4v) is 3.39. The Bertz CT molecular complexity index is 1090. The maximum Gasteiger partial charge on any atom is 0.226 e. The summed E-state index contributed by atoms with van der Waals surface area (Å²) in [4.78, 5) is 13.4. The molecule has 0 aliphatic rings. The number of anilines is 2. The first-order valence-corrected chi connectivity index (χ1v) is 10.1. The Kier molecular flexibility index (Phi) is 6.08. The predicted octanol–water partition coefficient (Wildman–Crippen LogP) is 3.70. The Balaban J connectivity index is 1.40. The second kappa shape index (κ2) is 9.26. The highest BCUT2D eigenvalue weighted by Gasteiger charge is 2.11. The van der Waals surface area contributed by atoms with E-state index in [1.165, 1.54) is 11.1 Å². The minimum atomic E-state index is 0.397. The number of hydrogen-bond acceptors (Lipinski definition) is 6. The van der Waals surface area contributed by atoms with Crippen LogP contribution >= 0.6 is 0 Å². The van der Waals surface area contributed by atoms with Crippen molar-refractivity contribution >= 4 is 22.9 Å². The molecule has 154 valence electrons. The number of aromatic nitrogens is 4. The first-order chi connectivity index (χ1) is 14.7. The number of methoxy groups -OCH3 is 1. The smallest absolute Gasteiger partial charge is 0.226 e. The van der Waals surface area contributed by atoms with Gasteiger partial charge < -0.3 is 20.4 Å². The number of ether oxygens (including phenoxy) is 1. The Morgan fingerprint density at radius 3 is 2.50 bits per heavy atom. The largest absolute Gasteiger partial charge is 0.497 e. The van der Waals surface area contributed by atoms with Crippen LogP contribution in [0, 0.1) is 0 Å². The fourth-order valence-electron chi connectivity index (χ4n) is 3.39. The van der Waals surface area contributed by atoms with Gasteiger partial charge in [0.2, 0.25) is 5.95 Å². The SMILES string of the molecule is COc1ccc(CCn2cnc3c(N)nc(NCCCc4ccccc4)nc32)cc1. The summed E-state index contributed by atoms with van der Waals surface area (Å²) < 4.78 is 7.24. The number of nitrogen functional groups attached to an aromatic ring is 1. The van der Waals surface area contributed by atoms with E-state index in [2.05, 4.69) is 56.7 Å². The quantitative estimate of drug-likeness (QED) is 0.415. The molecule has 30 heavy (non-hydrogen) atoms. The van der Waals surface area contributed by atoms with Crippen molar-refractivity contribution in [3.63, 3.8) is 0 Å². The molecule has 0 amide bonds. The molecule has 0 aliphatic carbocycles. The molecule has 0 aliphatic heterocycles. The monoisotopic (exact) mass is 402 g/mol. The van der Waals surface area contributed by atoms with E-state index >= 15 is 0 Å². The van der Waals surface area contributed by atoms with Crippen molar-refractivity contribution in [3.8, 4) is 5.75 Å². The van der Waals surface area contributed by atoms with Gasteiger partial charge in [0.25, 0.3) is 0 Å². The number of nitrogens with zero attached hydrogens (tertiary/aromatic N) is 4. The third-order valence-corrected chi connectivity index (χ3v) is 5.06. The number of aryl methyl sites for hydroxylation is 3. The van der Waals surface area contributed by atoms with E-state index in [1.54, 1.807) is 13.4 Å². The van der Waals surface area contributed by atoms with E-state index in [0.717, 1.165) is 43.7 Å². The van der Waals surface area contributed by atoms with Crippen LogP contribution in [0.4, 0.5) is 11.8 Å². The summed E-state index contributed by atoms with van der Waals surface area (Å²) in [7, 11) is 1.67. The molecule has 4 rings (SSSR count). The van der Waals surface area contributed by atoms with E-state index in [0.29, 0.717) is 17.3 Å². The number of imidazole rings is 1. The molecular weight excluding hydrogens is 376 g/mol. The second-order valence-corrected chi connectivity index (χ2v) is 7.16. The van der Waals surface area contributed by atoms with Crippen LogP contribution in [-0.2, 0) is 19.4 Å². The van der Waals surface area contributed by atoms with Gasteiger partial charge in [0.05, 0.1) is 13.4 Å². The lowest BCUT2D eigenvalue weighted by molar-refractivity contribution is 0.414. The van der Waals surface area contributed by atoms with E-state index in [-0.39, 0.29) is 0 Å². The summed E-state index contributed by atoms with van der Waals surface area (Å²) >= 11 is 0. The molecule has 0 unspecified atom stereocenters.